The molecule has 2 rings (SSSR count). The Hall–Kier alpha value is -2.29. The topological polar surface area (TPSA) is 38.3 Å². The van der Waals surface area contributed by atoms with Crippen molar-refractivity contribution < 1.29 is 9.53 Å². The van der Waals surface area contributed by atoms with Gasteiger partial charge in [-0.25, -0.2) is 4.79 Å². The van der Waals surface area contributed by atoms with Crippen molar-refractivity contribution in [2.75, 3.05) is 6.54 Å². The van der Waals surface area contributed by atoms with Gasteiger partial charge in [-0.3, -0.25) is 0 Å². The molecule has 0 saturated heterocycles. The molecule has 116 valence electrons. The van der Waals surface area contributed by atoms with Gasteiger partial charge in [0.2, 0.25) is 0 Å². The second-order valence-electron chi connectivity index (χ2n) is 5.44. The van der Waals surface area contributed by atoms with Crippen molar-refractivity contribution in [2.45, 2.75) is 32.3 Å². The molecule has 22 heavy (non-hydrogen) atoms. The lowest BCUT2D eigenvalue weighted by Crippen LogP contribution is -2.36. The van der Waals surface area contributed by atoms with E-state index in [1.165, 1.54) is 0 Å². The van der Waals surface area contributed by atoms with Gasteiger partial charge in [0.1, 0.15) is 0 Å². The molecule has 0 bridgehead atoms. The van der Waals surface area contributed by atoms with Crippen LogP contribution in [0.4, 0.5) is 4.79 Å². The van der Waals surface area contributed by atoms with Crippen LogP contribution in [-0.4, -0.2) is 12.6 Å². The monoisotopic (exact) mass is 297 g/mol. The molecular formula is C19H23NO2. The van der Waals surface area contributed by atoms with Crippen molar-refractivity contribution in [1.82, 2.24) is 5.32 Å². The maximum Gasteiger partial charge on any atom is 0.408 e. The Kier molecular flexibility index (Phi) is 5.59. The first kappa shape index (κ1) is 16.1. The molecule has 0 fully saturated rings. The lowest BCUT2D eigenvalue weighted by atomic mass is 9.88. The Labute approximate surface area is 132 Å². The van der Waals surface area contributed by atoms with E-state index in [4.69, 9.17) is 4.74 Å². The summed E-state index contributed by atoms with van der Waals surface area (Å²) in [6, 6.07) is 19.6. The minimum atomic E-state index is -0.807. The van der Waals surface area contributed by atoms with Gasteiger partial charge in [-0.2, -0.15) is 0 Å². The van der Waals surface area contributed by atoms with E-state index in [1.54, 1.807) is 0 Å². The van der Waals surface area contributed by atoms with Crippen LogP contribution in [0.2, 0.25) is 0 Å². The average molecular weight is 297 g/mol. The van der Waals surface area contributed by atoms with E-state index in [0.717, 1.165) is 24.0 Å². The Morgan fingerprint density at radius 1 is 1.00 bits per heavy atom. The summed E-state index contributed by atoms with van der Waals surface area (Å²) >= 11 is 0. The molecule has 2 aromatic carbocycles. The number of hydrogen-bond acceptors (Lipinski definition) is 2. The number of unbranched alkanes of at least 4 members (excludes halogenated alkanes) is 1. The third-order valence-corrected chi connectivity index (χ3v) is 3.75. The predicted molar refractivity (Wildman–Crippen MR) is 88.7 cm³/mol. The van der Waals surface area contributed by atoms with Gasteiger partial charge in [-0.1, -0.05) is 74.0 Å². The molecule has 0 radical (unpaired) electrons. The zero-order valence-corrected chi connectivity index (χ0v) is 13.2. The standard InChI is InChI=1S/C19H23NO2/c1-3-4-15-20-18(21)22-19(2,16-11-7-5-8-12-16)17-13-9-6-10-14-17/h5-14H,3-4,15H2,1-2H3,(H,20,21). The Balaban J connectivity index is 2.25. The van der Waals surface area contributed by atoms with E-state index in [-0.39, 0.29) is 6.09 Å². The van der Waals surface area contributed by atoms with Gasteiger partial charge in [0.25, 0.3) is 0 Å². The van der Waals surface area contributed by atoms with Crippen LogP contribution in [0.3, 0.4) is 0 Å². The quantitative estimate of drug-likeness (QED) is 0.799. The molecule has 2 aromatic rings. The summed E-state index contributed by atoms with van der Waals surface area (Å²) in [4.78, 5) is 12.1. The normalized spacial score (nSPS) is 11.0. The summed E-state index contributed by atoms with van der Waals surface area (Å²) in [5.41, 5.74) is 1.09. The number of alkyl carbamates (subject to hydrolysis) is 1. The van der Waals surface area contributed by atoms with E-state index < -0.39 is 5.60 Å². The largest absolute Gasteiger partial charge is 0.433 e. The summed E-state index contributed by atoms with van der Waals surface area (Å²) < 4.78 is 5.81. The highest BCUT2D eigenvalue weighted by molar-refractivity contribution is 5.68. The molecule has 0 saturated carbocycles. The molecule has 0 unspecified atom stereocenters. The van der Waals surface area contributed by atoms with Crippen LogP contribution in [0.1, 0.15) is 37.8 Å². The third-order valence-electron chi connectivity index (χ3n) is 3.75. The lowest BCUT2D eigenvalue weighted by molar-refractivity contribution is 0.0522. The average Bonchev–Trinajstić information content (AvgIpc) is 2.56. The summed E-state index contributed by atoms with van der Waals surface area (Å²) in [5, 5.41) is 2.82. The molecule has 0 aromatic heterocycles. The van der Waals surface area contributed by atoms with Crippen molar-refractivity contribution >= 4 is 6.09 Å². The van der Waals surface area contributed by atoms with Gasteiger partial charge in [0, 0.05) is 6.54 Å². The molecule has 0 aliphatic rings. The van der Waals surface area contributed by atoms with Gasteiger partial charge in [-0.05, 0) is 24.5 Å². The molecule has 0 aliphatic carbocycles. The van der Waals surface area contributed by atoms with Crippen LogP contribution in [0.25, 0.3) is 0 Å². The zero-order chi connectivity index (χ0) is 15.8. The zero-order valence-electron chi connectivity index (χ0n) is 13.2. The molecule has 0 heterocycles. The number of amides is 1. The second kappa shape index (κ2) is 7.64. The predicted octanol–water partition coefficient (Wildman–Crippen LogP) is 4.48. The molecule has 3 heteroatoms. The number of rotatable bonds is 6. The summed E-state index contributed by atoms with van der Waals surface area (Å²) in [6.45, 7) is 4.65. The number of carbonyl (C=O) groups excluding carboxylic acids is 1. The van der Waals surface area contributed by atoms with Crippen molar-refractivity contribution in [1.29, 1.82) is 0 Å². The first-order valence-electron chi connectivity index (χ1n) is 7.74. The first-order valence-corrected chi connectivity index (χ1v) is 7.74. The molecule has 0 spiro atoms. The van der Waals surface area contributed by atoms with E-state index in [1.807, 2.05) is 67.6 Å². The highest BCUT2D eigenvalue weighted by Crippen LogP contribution is 2.33. The first-order chi connectivity index (χ1) is 10.7. The number of nitrogens with one attached hydrogen (secondary N) is 1. The SMILES string of the molecule is CCCCNC(=O)OC(C)(c1ccccc1)c1ccccc1. The highest BCUT2D eigenvalue weighted by Gasteiger charge is 2.33. The van der Waals surface area contributed by atoms with Crippen LogP contribution in [0.15, 0.2) is 60.7 Å². The number of benzene rings is 2. The van der Waals surface area contributed by atoms with Crippen LogP contribution in [-0.2, 0) is 10.3 Å². The molecular weight excluding hydrogens is 274 g/mol. The van der Waals surface area contributed by atoms with E-state index in [9.17, 15) is 4.79 Å². The summed E-state index contributed by atoms with van der Waals surface area (Å²) in [7, 11) is 0. The maximum atomic E-state index is 12.1. The number of carbonyl (C=O) groups is 1. The molecule has 0 atom stereocenters. The van der Waals surface area contributed by atoms with E-state index in [0.29, 0.717) is 6.54 Å². The van der Waals surface area contributed by atoms with E-state index in [2.05, 4.69) is 12.2 Å². The lowest BCUT2D eigenvalue weighted by Gasteiger charge is -2.30. The van der Waals surface area contributed by atoms with Crippen LogP contribution >= 0.6 is 0 Å². The van der Waals surface area contributed by atoms with Crippen molar-refractivity contribution in [2.24, 2.45) is 0 Å². The van der Waals surface area contributed by atoms with Gasteiger partial charge < -0.3 is 10.1 Å². The fraction of sp³-hybridized carbons (Fsp3) is 0.316. The summed E-state index contributed by atoms with van der Waals surface area (Å²) in [6.07, 6.45) is 1.60. The van der Waals surface area contributed by atoms with Crippen LogP contribution in [0.5, 0.6) is 0 Å². The minimum absolute atomic E-state index is 0.386. The van der Waals surface area contributed by atoms with Gasteiger partial charge in [-0.15, -0.1) is 0 Å². The summed E-state index contributed by atoms with van der Waals surface area (Å²) in [5.74, 6) is 0. The number of hydrogen-bond donors (Lipinski definition) is 1. The molecule has 1 N–H and O–H groups in total. The molecule has 0 aliphatic heterocycles. The highest BCUT2D eigenvalue weighted by atomic mass is 16.6. The van der Waals surface area contributed by atoms with Crippen molar-refractivity contribution in [3.05, 3.63) is 71.8 Å². The maximum absolute atomic E-state index is 12.1. The molecule has 3 nitrogen and oxygen atoms in total. The van der Waals surface area contributed by atoms with Crippen LogP contribution in [0, 0.1) is 0 Å². The molecule has 1 amide bonds. The van der Waals surface area contributed by atoms with Gasteiger partial charge >= 0.3 is 6.09 Å². The third kappa shape index (κ3) is 3.88. The van der Waals surface area contributed by atoms with Gasteiger partial charge in [0.05, 0.1) is 0 Å². The fourth-order valence-corrected chi connectivity index (χ4v) is 2.39. The second-order valence-corrected chi connectivity index (χ2v) is 5.44. The Morgan fingerprint density at radius 2 is 1.50 bits per heavy atom. The van der Waals surface area contributed by atoms with Gasteiger partial charge in [0.15, 0.2) is 5.60 Å². The van der Waals surface area contributed by atoms with E-state index >= 15 is 0 Å². The smallest absolute Gasteiger partial charge is 0.408 e. The fourth-order valence-electron chi connectivity index (χ4n) is 2.39. The van der Waals surface area contributed by atoms with Crippen molar-refractivity contribution in [3.63, 3.8) is 0 Å². The minimum Gasteiger partial charge on any atom is -0.433 e. The van der Waals surface area contributed by atoms with Crippen molar-refractivity contribution in [3.8, 4) is 0 Å². The number of ether oxygens (including phenoxy) is 1. The Morgan fingerprint density at radius 3 is 1.95 bits per heavy atom. The van der Waals surface area contributed by atoms with Crippen LogP contribution < -0.4 is 5.32 Å². The Bertz CT molecular complexity index is 541.